The minimum Gasteiger partial charge on any atom is -0.457 e. The van der Waals surface area contributed by atoms with Gasteiger partial charge < -0.3 is 15.0 Å². The van der Waals surface area contributed by atoms with E-state index in [9.17, 15) is 9.59 Å². The van der Waals surface area contributed by atoms with Crippen LogP contribution in [0.2, 0.25) is 0 Å². The number of rotatable bonds is 6. The van der Waals surface area contributed by atoms with Crippen molar-refractivity contribution in [1.82, 2.24) is 4.90 Å². The van der Waals surface area contributed by atoms with Gasteiger partial charge in [-0.1, -0.05) is 36.4 Å². The molecule has 5 heteroatoms. The minimum atomic E-state index is -0.250. The number of para-hydroxylation sites is 1. The average molecular weight is 388 g/mol. The van der Waals surface area contributed by atoms with Gasteiger partial charge in [0.2, 0.25) is 5.91 Å². The smallest absolute Gasteiger partial charge is 0.254 e. The van der Waals surface area contributed by atoms with Crippen molar-refractivity contribution in [2.45, 2.75) is 13.8 Å². The van der Waals surface area contributed by atoms with Gasteiger partial charge in [0.05, 0.1) is 6.54 Å². The van der Waals surface area contributed by atoms with E-state index in [0.29, 0.717) is 17.1 Å². The monoisotopic (exact) mass is 388 g/mol. The summed E-state index contributed by atoms with van der Waals surface area (Å²) in [6.45, 7) is 3.90. The van der Waals surface area contributed by atoms with Crippen molar-refractivity contribution in [1.29, 1.82) is 0 Å². The van der Waals surface area contributed by atoms with Gasteiger partial charge in [-0.05, 0) is 61.4 Å². The van der Waals surface area contributed by atoms with Crippen LogP contribution < -0.4 is 10.1 Å². The molecular weight excluding hydrogens is 364 g/mol. The fraction of sp³-hybridized carbons (Fsp3) is 0.167. The summed E-state index contributed by atoms with van der Waals surface area (Å²) in [5.74, 6) is 0.763. The Morgan fingerprint density at radius 3 is 2.34 bits per heavy atom. The van der Waals surface area contributed by atoms with Crippen molar-refractivity contribution in [2.24, 2.45) is 0 Å². The number of nitrogens with zero attached hydrogens (tertiary/aromatic N) is 1. The van der Waals surface area contributed by atoms with Gasteiger partial charge in [0, 0.05) is 18.3 Å². The highest BCUT2D eigenvalue weighted by molar-refractivity contribution is 5.99. The van der Waals surface area contributed by atoms with Crippen LogP contribution in [0.4, 0.5) is 5.69 Å². The third-order valence-electron chi connectivity index (χ3n) is 4.67. The summed E-state index contributed by atoms with van der Waals surface area (Å²) < 4.78 is 5.78. The Bertz CT molecular complexity index is 1020. The number of anilines is 1. The molecule has 0 unspecified atom stereocenters. The van der Waals surface area contributed by atoms with Crippen molar-refractivity contribution < 1.29 is 14.3 Å². The molecule has 148 valence electrons. The SMILES string of the molecule is Cc1cccc(NC(=O)CN(C)C(=O)c2cccc(Oc3ccccc3)c2)c1C. The molecule has 0 radical (unpaired) electrons. The van der Waals surface area contributed by atoms with E-state index in [1.54, 1.807) is 31.3 Å². The van der Waals surface area contributed by atoms with Crippen molar-refractivity contribution in [3.63, 3.8) is 0 Å². The Balaban J connectivity index is 1.64. The molecule has 0 aliphatic heterocycles. The summed E-state index contributed by atoms with van der Waals surface area (Å²) in [7, 11) is 1.61. The topological polar surface area (TPSA) is 58.6 Å². The fourth-order valence-electron chi connectivity index (χ4n) is 2.90. The van der Waals surface area contributed by atoms with E-state index in [-0.39, 0.29) is 18.4 Å². The number of carbonyl (C=O) groups is 2. The summed E-state index contributed by atoms with van der Waals surface area (Å²) >= 11 is 0. The summed E-state index contributed by atoms with van der Waals surface area (Å²) in [6.07, 6.45) is 0. The summed E-state index contributed by atoms with van der Waals surface area (Å²) in [5.41, 5.74) is 3.33. The third-order valence-corrected chi connectivity index (χ3v) is 4.67. The van der Waals surface area contributed by atoms with Crippen molar-refractivity contribution in [3.05, 3.63) is 89.5 Å². The zero-order chi connectivity index (χ0) is 20.8. The summed E-state index contributed by atoms with van der Waals surface area (Å²) in [6, 6.07) is 22.0. The molecule has 0 atom stereocenters. The molecule has 0 heterocycles. The van der Waals surface area contributed by atoms with E-state index in [4.69, 9.17) is 4.74 Å². The lowest BCUT2D eigenvalue weighted by molar-refractivity contribution is -0.116. The van der Waals surface area contributed by atoms with Gasteiger partial charge in [0.1, 0.15) is 11.5 Å². The normalized spacial score (nSPS) is 10.3. The number of hydrogen-bond acceptors (Lipinski definition) is 3. The van der Waals surface area contributed by atoms with Crippen LogP contribution in [0.15, 0.2) is 72.8 Å². The number of ether oxygens (including phenoxy) is 1. The van der Waals surface area contributed by atoms with Crippen LogP contribution in [0.1, 0.15) is 21.5 Å². The third kappa shape index (κ3) is 5.23. The molecule has 0 spiro atoms. The van der Waals surface area contributed by atoms with Crippen LogP contribution in [0.25, 0.3) is 0 Å². The second-order valence-electron chi connectivity index (χ2n) is 6.90. The number of nitrogens with one attached hydrogen (secondary N) is 1. The molecule has 1 N–H and O–H groups in total. The van der Waals surface area contributed by atoms with Crippen molar-refractivity contribution in [3.8, 4) is 11.5 Å². The van der Waals surface area contributed by atoms with Crippen LogP contribution in [-0.4, -0.2) is 30.3 Å². The highest BCUT2D eigenvalue weighted by Crippen LogP contribution is 2.22. The van der Waals surface area contributed by atoms with Gasteiger partial charge in [0.15, 0.2) is 0 Å². The Morgan fingerprint density at radius 1 is 0.897 bits per heavy atom. The maximum absolute atomic E-state index is 12.7. The van der Waals surface area contributed by atoms with E-state index >= 15 is 0 Å². The zero-order valence-electron chi connectivity index (χ0n) is 16.8. The Kier molecular flexibility index (Phi) is 6.29. The van der Waals surface area contributed by atoms with E-state index in [1.807, 2.05) is 62.4 Å². The van der Waals surface area contributed by atoms with E-state index in [1.165, 1.54) is 4.90 Å². The van der Waals surface area contributed by atoms with Crippen LogP contribution in [0.5, 0.6) is 11.5 Å². The zero-order valence-corrected chi connectivity index (χ0v) is 16.8. The van der Waals surface area contributed by atoms with Crippen LogP contribution in [0.3, 0.4) is 0 Å². The number of amides is 2. The lowest BCUT2D eigenvalue weighted by Crippen LogP contribution is -2.35. The number of likely N-dealkylation sites (N-methyl/N-ethyl adjacent to an activating group) is 1. The van der Waals surface area contributed by atoms with Gasteiger partial charge in [0.25, 0.3) is 5.91 Å². The fourth-order valence-corrected chi connectivity index (χ4v) is 2.90. The molecule has 3 aromatic carbocycles. The molecule has 3 rings (SSSR count). The molecule has 3 aromatic rings. The lowest BCUT2D eigenvalue weighted by Gasteiger charge is -2.18. The molecule has 29 heavy (non-hydrogen) atoms. The van der Waals surface area contributed by atoms with Crippen LogP contribution >= 0.6 is 0 Å². The van der Waals surface area contributed by atoms with E-state index in [2.05, 4.69) is 5.32 Å². The average Bonchev–Trinajstić information content (AvgIpc) is 2.72. The van der Waals surface area contributed by atoms with Gasteiger partial charge >= 0.3 is 0 Å². The maximum atomic E-state index is 12.7. The summed E-state index contributed by atoms with van der Waals surface area (Å²) in [4.78, 5) is 26.5. The molecule has 0 fully saturated rings. The van der Waals surface area contributed by atoms with Crippen LogP contribution in [0, 0.1) is 13.8 Å². The first kappa shape index (κ1) is 20.1. The highest BCUT2D eigenvalue weighted by Gasteiger charge is 2.16. The maximum Gasteiger partial charge on any atom is 0.254 e. The second kappa shape index (κ2) is 9.06. The largest absolute Gasteiger partial charge is 0.457 e. The molecule has 0 bridgehead atoms. The highest BCUT2D eigenvalue weighted by atomic mass is 16.5. The lowest BCUT2D eigenvalue weighted by atomic mass is 10.1. The van der Waals surface area contributed by atoms with Crippen molar-refractivity contribution >= 4 is 17.5 Å². The second-order valence-corrected chi connectivity index (χ2v) is 6.90. The minimum absolute atomic E-state index is 0.0456. The molecule has 0 aromatic heterocycles. The quantitative estimate of drug-likeness (QED) is 0.659. The predicted octanol–water partition coefficient (Wildman–Crippen LogP) is 4.81. The van der Waals surface area contributed by atoms with Gasteiger partial charge in [-0.15, -0.1) is 0 Å². The molecule has 5 nitrogen and oxygen atoms in total. The molecule has 0 saturated carbocycles. The molecule has 0 aliphatic carbocycles. The molecular formula is C24H24N2O3. The first-order chi connectivity index (χ1) is 13.9. The van der Waals surface area contributed by atoms with E-state index < -0.39 is 0 Å². The van der Waals surface area contributed by atoms with Gasteiger partial charge in [-0.2, -0.15) is 0 Å². The molecule has 2 amide bonds. The first-order valence-electron chi connectivity index (χ1n) is 9.38. The number of aryl methyl sites for hydroxylation is 1. The Hall–Kier alpha value is -3.60. The predicted molar refractivity (Wildman–Crippen MR) is 114 cm³/mol. The van der Waals surface area contributed by atoms with E-state index in [0.717, 1.165) is 16.8 Å². The number of carbonyl (C=O) groups excluding carboxylic acids is 2. The number of hydrogen-bond donors (Lipinski definition) is 1. The van der Waals surface area contributed by atoms with Crippen LogP contribution in [-0.2, 0) is 4.79 Å². The molecule has 0 saturated heterocycles. The number of benzene rings is 3. The Morgan fingerprint density at radius 2 is 1.59 bits per heavy atom. The first-order valence-corrected chi connectivity index (χ1v) is 9.38. The summed E-state index contributed by atoms with van der Waals surface area (Å²) in [5, 5.41) is 2.87. The van der Waals surface area contributed by atoms with Gasteiger partial charge in [-0.25, -0.2) is 0 Å². The van der Waals surface area contributed by atoms with Gasteiger partial charge in [-0.3, -0.25) is 9.59 Å². The molecule has 0 aliphatic rings. The van der Waals surface area contributed by atoms with Crippen molar-refractivity contribution in [2.75, 3.05) is 18.9 Å². The standard InChI is InChI=1S/C24H24N2O3/c1-17-9-7-14-22(18(17)2)25-23(27)16-26(3)24(28)19-10-8-13-21(15-19)29-20-11-5-4-6-12-20/h4-15H,16H2,1-3H3,(H,25,27). The Labute approximate surface area is 170 Å².